The molecular weight excluding hydrogens is 321 g/mol. The first kappa shape index (κ1) is 17.9. The Kier molecular flexibility index (Phi) is 5.74. The van der Waals surface area contributed by atoms with Gasteiger partial charge in [-0.25, -0.2) is 22.3 Å². The predicted octanol–water partition coefficient (Wildman–Crippen LogP) is 0.916. The summed E-state index contributed by atoms with van der Waals surface area (Å²) in [5.41, 5.74) is -1.64. The van der Waals surface area contributed by atoms with Crippen LogP contribution in [0, 0.1) is 5.82 Å². The molecule has 1 aromatic carbocycles. The fourth-order valence-electron chi connectivity index (χ4n) is 1.53. The Morgan fingerprint density at radius 1 is 1.48 bits per heavy atom. The maximum Gasteiger partial charge on any atom is 0.335 e. The number of carboxylic acids is 1. The van der Waals surface area contributed by atoms with Gasteiger partial charge in [0.05, 0.1) is 11.2 Å². The summed E-state index contributed by atoms with van der Waals surface area (Å²) in [5.74, 6) is -2.13. The summed E-state index contributed by atoms with van der Waals surface area (Å²) in [7, 11) is -4.26. The first-order valence-electron chi connectivity index (χ1n) is 5.83. The van der Waals surface area contributed by atoms with Gasteiger partial charge in [-0.05, 0) is 31.4 Å². The van der Waals surface area contributed by atoms with E-state index in [9.17, 15) is 22.7 Å². The van der Waals surface area contributed by atoms with Crippen LogP contribution in [-0.2, 0) is 10.0 Å². The van der Waals surface area contributed by atoms with Crippen molar-refractivity contribution in [3.8, 4) is 0 Å². The van der Waals surface area contributed by atoms with Crippen molar-refractivity contribution in [1.29, 1.82) is 0 Å². The number of sulfonamides is 1. The van der Waals surface area contributed by atoms with Gasteiger partial charge in [0.2, 0.25) is 10.0 Å². The van der Waals surface area contributed by atoms with Crippen molar-refractivity contribution in [2.24, 2.45) is 0 Å². The molecule has 0 amide bonds. The Hall–Kier alpha value is -1.16. The zero-order chi connectivity index (χ0) is 16.3. The molecule has 0 aliphatic carbocycles. The van der Waals surface area contributed by atoms with E-state index in [2.05, 4.69) is 4.72 Å². The summed E-state index contributed by atoms with van der Waals surface area (Å²) in [6.07, 6.45) is 1.75. The summed E-state index contributed by atoms with van der Waals surface area (Å²) in [4.78, 5) is 10.1. The van der Waals surface area contributed by atoms with Crippen molar-refractivity contribution in [2.75, 3.05) is 18.6 Å². The van der Waals surface area contributed by atoms with Crippen LogP contribution in [0.4, 0.5) is 4.39 Å². The standard InChI is InChI=1S/C12H16FNO5S2/c1-12(17,7-20-2)6-14-21(18,19)10-5-8(11(15)16)3-4-9(10)13/h3-5,14,17H,6-7H2,1-2H3,(H,15,16). The normalized spacial score (nSPS) is 14.7. The van der Waals surface area contributed by atoms with Crippen LogP contribution in [0.25, 0.3) is 0 Å². The lowest BCUT2D eigenvalue weighted by Gasteiger charge is -2.22. The Morgan fingerprint density at radius 2 is 2.10 bits per heavy atom. The zero-order valence-corrected chi connectivity index (χ0v) is 13.1. The van der Waals surface area contributed by atoms with Crippen molar-refractivity contribution < 1.29 is 27.8 Å². The first-order chi connectivity index (χ1) is 9.59. The van der Waals surface area contributed by atoms with Gasteiger partial charge in [0.25, 0.3) is 0 Å². The SMILES string of the molecule is CSCC(C)(O)CNS(=O)(=O)c1cc(C(=O)O)ccc1F. The molecule has 118 valence electrons. The van der Waals surface area contributed by atoms with Crippen LogP contribution in [0.2, 0.25) is 0 Å². The second-order valence-corrected chi connectivity index (χ2v) is 7.31. The molecule has 0 aliphatic rings. The Labute approximate surface area is 126 Å². The van der Waals surface area contributed by atoms with Crippen molar-refractivity contribution in [3.05, 3.63) is 29.6 Å². The number of rotatable bonds is 7. The molecule has 0 heterocycles. The van der Waals surface area contributed by atoms with Gasteiger partial charge in [-0.2, -0.15) is 11.8 Å². The lowest BCUT2D eigenvalue weighted by atomic mass is 10.1. The third kappa shape index (κ3) is 4.95. The molecule has 0 saturated heterocycles. The molecule has 0 bridgehead atoms. The van der Waals surface area contributed by atoms with Gasteiger partial charge in [0.1, 0.15) is 10.7 Å². The van der Waals surface area contributed by atoms with E-state index >= 15 is 0 Å². The number of hydrogen-bond acceptors (Lipinski definition) is 5. The average molecular weight is 337 g/mol. The van der Waals surface area contributed by atoms with Gasteiger partial charge in [-0.3, -0.25) is 0 Å². The molecule has 9 heteroatoms. The highest BCUT2D eigenvalue weighted by Gasteiger charge is 2.26. The van der Waals surface area contributed by atoms with Crippen molar-refractivity contribution in [1.82, 2.24) is 4.72 Å². The molecule has 0 spiro atoms. The van der Waals surface area contributed by atoms with E-state index in [0.717, 1.165) is 18.2 Å². The quantitative estimate of drug-likeness (QED) is 0.683. The molecule has 1 aromatic rings. The number of aromatic carboxylic acids is 1. The monoisotopic (exact) mass is 337 g/mol. The molecule has 0 saturated carbocycles. The zero-order valence-electron chi connectivity index (χ0n) is 11.5. The molecule has 0 fully saturated rings. The number of benzene rings is 1. The summed E-state index contributed by atoms with van der Waals surface area (Å²) in [6, 6.07) is 2.49. The Bertz CT molecular complexity index is 631. The molecule has 0 aromatic heterocycles. The smallest absolute Gasteiger partial charge is 0.335 e. The summed E-state index contributed by atoms with van der Waals surface area (Å²) >= 11 is 1.33. The van der Waals surface area contributed by atoms with E-state index in [-0.39, 0.29) is 17.9 Å². The fraction of sp³-hybridized carbons (Fsp3) is 0.417. The van der Waals surface area contributed by atoms with E-state index in [1.807, 2.05) is 0 Å². The van der Waals surface area contributed by atoms with Crippen LogP contribution in [0.5, 0.6) is 0 Å². The molecular formula is C12H16FNO5S2. The molecule has 1 rings (SSSR count). The van der Waals surface area contributed by atoms with Crippen LogP contribution >= 0.6 is 11.8 Å². The van der Waals surface area contributed by atoms with Gasteiger partial charge >= 0.3 is 5.97 Å². The average Bonchev–Trinajstić information content (AvgIpc) is 2.36. The number of aliphatic hydroxyl groups is 1. The van der Waals surface area contributed by atoms with Gasteiger partial charge in [0.15, 0.2) is 0 Å². The minimum Gasteiger partial charge on any atom is -0.478 e. The van der Waals surface area contributed by atoms with Crippen LogP contribution in [0.1, 0.15) is 17.3 Å². The maximum atomic E-state index is 13.6. The van der Waals surface area contributed by atoms with Gasteiger partial charge < -0.3 is 10.2 Å². The summed E-state index contributed by atoms with van der Waals surface area (Å²) in [6.45, 7) is 1.13. The third-order valence-corrected chi connectivity index (χ3v) is 4.89. The summed E-state index contributed by atoms with van der Waals surface area (Å²) in [5, 5.41) is 18.7. The topological polar surface area (TPSA) is 104 Å². The molecule has 21 heavy (non-hydrogen) atoms. The summed E-state index contributed by atoms with van der Waals surface area (Å²) < 4.78 is 39.7. The second kappa shape index (κ2) is 6.73. The van der Waals surface area contributed by atoms with E-state index in [1.54, 1.807) is 6.26 Å². The van der Waals surface area contributed by atoms with E-state index in [4.69, 9.17) is 5.11 Å². The van der Waals surface area contributed by atoms with Gasteiger partial charge in [-0.15, -0.1) is 0 Å². The highest BCUT2D eigenvalue weighted by atomic mass is 32.2. The maximum absolute atomic E-state index is 13.6. The predicted molar refractivity (Wildman–Crippen MR) is 77.6 cm³/mol. The highest BCUT2D eigenvalue weighted by Crippen LogP contribution is 2.17. The Morgan fingerprint density at radius 3 is 2.62 bits per heavy atom. The molecule has 3 N–H and O–H groups in total. The van der Waals surface area contributed by atoms with Crippen LogP contribution < -0.4 is 4.72 Å². The third-order valence-electron chi connectivity index (χ3n) is 2.57. The van der Waals surface area contributed by atoms with Crippen LogP contribution in [0.3, 0.4) is 0 Å². The van der Waals surface area contributed by atoms with Crippen molar-refractivity contribution in [3.63, 3.8) is 0 Å². The highest BCUT2D eigenvalue weighted by molar-refractivity contribution is 7.98. The number of hydrogen-bond donors (Lipinski definition) is 3. The van der Waals surface area contributed by atoms with Crippen LogP contribution in [-0.4, -0.2) is 48.8 Å². The lowest BCUT2D eigenvalue weighted by Crippen LogP contribution is -2.42. The molecule has 6 nitrogen and oxygen atoms in total. The molecule has 0 aliphatic heterocycles. The number of thioether (sulfide) groups is 1. The van der Waals surface area contributed by atoms with Gasteiger partial charge in [-0.1, -0.05) is 0 Å². The van der Waals surface area contributed by atoms with E-state index < -0.39 is 32.3 Å². The Balaban J connectivity index is 3.03. The van der Waals surface area contributed by atoms with E-state index in [1.165, 1.54) is 18.7 Å². The number of carboxylic acid groups (broad SMARTS) is 1. The lowest BCUT2D eigenvalue weighted by molar-refractivity contribution is 0.0696. The first-order valence-corrected chi connectivity index (χ1v) is 8.70. The number of nitrogens with one attached hydrogen (secondary N) is 1. The van der Waals surface area contributed by atoms with E-state index in [0.29, 0.717) is 0 Å². The minimum absolute atomic E-state index is 0.285. The van der Waals surface area contributed by atoms with Gasteiger partial charge in [0, 0.05) is 12.3 Å². The second-order valence-electron chi connectivity index (χ2n) is 4.70. The van der Waals surface area contributed by atoms with Crippen molar-refractivity contribution >= 4 is 27.8 Å². The van der Waals surface area contributed by atoms with Crippen molar-refractivity contribution in [2.45, 2.75) is 17.4 Å². The molecule has 0 radical (unpaired) electrons. The largest absolute Gasteiger partial charge is 0.478 e. The fourth-order valence-corrected chi connectivity index (χ4v) is 3.52. The molecule has 1 atom stereocenters. The molecule has 1 unspecified atom stereocenters. The number of halogens is 1. The van der Waals surface area contributed by atoms with Crippen LogP contribution in [0.15, 0.2) is 23.1 Å². The number of carbonyl (C=O) groups is 1. The minimum atomic E-state index is -4.26.